The highest BCUT2D eigenvalue weighted by atomic mass is 31.2. The molecule has 0 atom stereocenters. The Labute approximate surface area is 364 Å². The van der Waals surface area contributed by atoms with E-state index in [2.05, 4.69) is 0 Å². The largest absolute Gasteiger partial charge is 0.530 e. The summed E-state index contributed by atoms with van der Waals surface area (Å²) in [5.74, 6) is 4.36. The number of rotatable bonds is 14. The van der Waals surface area contributed by atoms with Gasteiger partial charge in [0, 0.05) is 11.1 Å². The Morgan fingerprint density at radius 1 is 0.306 bits per heavy atom. The van der Waals surface area contributed by atoms with Crippen LogP contribution >= 0.6 is 17.2 Å². The molecule has 0 bridgehead atoms. The van der Waals surface area contributed by atoms with Crippen LogP contribution in [0.5, 0.6) is 46.0 Å². The van der Waals surface area contributed by atoms with Gasteiger partial charge in [-0.15, -0.1) is 0 Å². The van der Waals surface area contributed by atoms with Crippen LogP contribution in [0.1, 0.15) is 12.8 Å². The second kappa shape index (κ2) is 20.1. The van der Waals surface area contributed by atoms with Crippen molar-refractivity contribution in [1.82, 2.24) is 0 Å². The topological polar surface area (TPSA) is 73.8 Å². The average molecular weight is 857 g/mol. The molecule has 10 heteroatoms. The van der Waals surface area contributed by atoms with Crippen molar-refractivity contribution >= 4 is 17.2 Å². The van der Waals surface area contributed by atoms with Crippen LogP contribution in [-0.4, -0.2) is 13.2 Å². The lowest BCUT2D eigenvalue weighted by Crippen LogP contribution is -2.10. The lowest BCUT2D eigenvalue weighted by Gasteiger charge is -2.27. The SMILES string of the molecule is c1ccc(OP(Oc2ccccc2)Oc2c(-c3ccccc3)ccc3c2-c2c(ccc(-c4ccccc4)c2OP(Oc2ccccc2)Oc2ccccc2)OCCCCO3)cc1. The van der Waals surface area contributed by atoms with Crippen LogP contribution in [0.25, 0.3) is 33.4 Å². The lowest BCUT2D eigenvalue weighted by molar-refractivity contribution is 0.262. The number of fused-ring (bicyclic) bond motifs is 3. The van der Waals surface area contributed by atoms with Crippen molar-refractivity contribution in [1.29, 1.82) is 0 Å². The Morgan fingerprint density at radius 3 is 0.903 bits per heavy atom. The molecule has 308 valence electrons. The predicted octanol–water partition coefficient (Wildman–Crippen LogP) is 14.8. The summed E-state index contributed by atoms with van der Waals surface area (Å²) in [6.07, 6.45) is 1.55. The van der Waals surface area contributed by atoms with Crippen LogP contribution in [0.15, 0.2) is 206 Å². The van der Waals surface area contributed by atoms with E-state index in [1.54, 1.807) is 0 Å². The monoisotopic (exact) mass is 856 g/mol. The summed E-state index contributed by atoms with van der Waals surface area (Å²) in [5, 5.41) is 0. The molecule has 1 aliphatic heterocycles. The van der Waals surface area contributed by atoms with Crippen molar-refractivity contribution in [2.24, 2.45) is 0 Å². The van der Waals surface area contributed by atoms with E-state index in [1.165, 1.54) is 0 Å². The van der Waals surface area contributed by atoms with Gasteiger partial charge in [0.2, 0.25) is 0 Å². The Morgan fingerprint density at radius 2 is 0.597 bits per heavy atom. The third-order valence-electron chi connectivity index (χ3n) is 9.74. The Bertz CT molecular complexity index is 2370. The molecule has 0 saturated carbocycles. The molecule has 0 aliphatic carbocycles. The van der Waals surface area contributed by atoms with E-state index in [-0.39, 0.29) is 0 Å². The van der Waals surface area contributed by atoms with E-state index < -0.39 is 17.2 Å². The van der Waals surface area contributed by atoms with Gasteiger partial charge >= 0.3 is 17.2 Å². The minimum Gasteiger partial charge on any atom is -0.493 e. The number of para-hydroxylation sites is 4. The van der Waals surface area contributed by atoms with E-state index >= 15 is 0 Å². The summed E-state index contributed by atoms with van der Waals surface area (Å²) >= 11 is 0. The van der Waals surface area contributed by atoms with Crippen LogP contribution in [0.3, 0.4) is 0 Å². The zero-order chi connectivity index (χ0) is 41.8. The summed E-state index contributed by atoms with van der Waals surface area (Å²) < 4.78 is 54.3. The van der Waals surface area contributed by atoms with Gasteiger partial charge in [0.25, 0.3) is 0 Å². The molecule has 0 unspecified atom stereocenters. The Balaban J connectivity index is 1.30. The van der Waals surface area contributed by atoms with E-state index in [4.69, 9.17) is 36.6 Å². The van der Waals surface area contributed by atoms with Gasteiger partial charge in [0.05, 0.1) is 24.3 Å². The Kier molecular flexibility index (Phi) is 13.1. The first kappa shape index (κ1) is 40.4. The first-order chi connectivity index (χ1) is 30.7. The molecule has 9 rings (SSSR count). The van der Waals surface area contributed by atoms with Crippen LogP contribution in [0, 0.1) is 0 Å². The molecule has 1 heterocycles. The van der Waals surface area contributed by atoms with Gasteiger partial charge in [-0.1, -0.05) is 133 Å². The fourth-order valence-corrected chi connectivity index (χ4v) is 8.90. The van der Waals surface area contributed by atoms with Crippen molar-refractivity contribution in [2.75, 3.05) is 13.2 Å². The van der Waals surface area contributed by atoms with Crippen LogP contribution in [-0.2, 0) is 0 Å². The minimum absolute atomic E-state index is 0.446. The summed E-state index contributed by atoms with van der Waals surface area (Å²) in [7, 11) is -4.31. The minimum atomic E-state index is -2.15. The molecule has 8 nitrogen and oxygen atoms in total. The highest BCUT2D eigenvalue weighted by Gasteiger charge is 2.34. The standard InChI is InChI=1S/C52H42O8P2/c1-7-21-39(22-8-1)45-33-35-47-49(51(45)59-61(55-41-25-11-3-12-26-41)56-42-27-13-4-14-28-42)50-48(54-38-20-19-37-53-47)36-34-46(40-23-9-2-10-24-40)52(50)60-62(57-43-29-15-5-16-30-43)58-44-31-17-6-18-32-44/h1-18,21-36H,19-20,37-38H2. The fourth-order valence-electron chi connectivity index (χ4n) is 6.82. The average Bonchev–Trinajstić information content (AvgIpc) is 3.32. The third-order valence-corrected chi connectivity index (χ3v) is 11.8. The molecule has 0 N–H and O–H groups in total. The first-order valence-electron chi connectivity index (χ1n) is 20.3. The molecule has 0 radical (unpaired) electrons. The summed E-state index contributed by atoms with van der Waals surface area (Å²) in [6.45, 7) is 0.891. The highest BCUT2D eigenvalue weighted by molar-refractivity contribution is 7.43. The van der Waals surface area contributed by atoms with E-state index in [9.17, 15) is 0 Å². The summed E-state index contributed by atoms with van der Waals surface area (Å²) in [6, 6.07) is 66.2. The quantitative estimate of drug-likeness (QED) is 0.100. The fraction of sp³-hybridized carbons (Fsp3) is 0.0769. The first-order valence-corrected chi connectivity index (χ1v) is 22.5. The second-order valence-corrected chi connectivity index (χ2v) is 16.0. The molecule has 0 aromatic heterocycles. The molecule has 1 aliphatic rings. The molecule has 0 fully saturated rings. The third kappa shape index (κ3) is 9.96. The van der Waals surface area contributed by atoms with Gasteiger partial charge in [-0.25, -0.2) is 0 Å². The number of benzene rings is 8. The zero-order valence-electron chi connectivity index (χ0n) is 33.6. The normalized spacial score (nSPS) is 12.2. The number of ether oxygens (including phenoxy) is 2. The van der Waals surface area contributed by atoms with Crippen molar-refractivity contribution in [3.63, 3.8) is 0 Å². The smallest absolute Gasteiger partial charge is 0.493 e. The number of hydrogen-bond acceptors (Lipinski definition) is 8. The van der Waals surface area contributed by atoms with E-state index in [0.717, 1.165) is 35.1 Å². The maximum absolute atomic E-state index is 7.20. The van der Waals surface area contributed by atoms with Gasteiger partial charge < -0.3 is 36.6 Å². The molecule has 0 spiro atoms. The summed E-state index contributed by atoms with van der Waals surface area (Å²) in [5.41, 5.74) is 4.54. The van der Waals surface area contributed by atoms with Crippen molar-refractivity contribution in [2.45, 2.75) is 12.8 Å². The second-order valence-electron chi connectivity index (χ2n) is 14.0. The molecule has 0 saturated heterocycles. The maximum atomic E-state index is 7.20. The van der Waals surface area contributed by atoms with E-state index in [0.29, 0.717) is 70.3 Å². The van der Waals surface area contributed by atoms with Crippen molar-refractivity contribution in [3.8, 4) is 79.4 Å². The van der Waals surface area contributed by atoms with Crippen LogP contribution in [0.2, 0.25) is 0 Å². The molecular weight excluding hydrogens is 815 g/mol. The molecule has 0 amide bonds. The molecule has 8 aromatic carbocycles. The van der Waals surface area contributed by atoms with Crippen molar-refractivity contribution < 1.29 is 36.6 Å². The number of hydrogen-bond donors (Lipinski definition) is 0. The van der Waals surface area contributed by atoms with Crippen LogP contribution < -0.4 is 36.6 Å². The molecule has 8 aromatic rings. The zero-order valence-corrected chi connectivity index (χ0v) is 35.4. The van der Waals surface area contributed by atoms with Gasteiger partial charge in [-0.05, 0) is 96.8 Å². The van der Waals surface area contributed by atoms with E-state index in [1.807, 2.05) is 206 Å². The lowest BCUT2D eigenvalue weighted by atomic mass is 9.92. The molecular formula is C52H42O8P2. The maximum Gasteiger partial charge on any atom is 0.530 e. The van der Waals surface area contributed by atoms with Crippen LogP contribution in [0.4, 0.5) is 0 Å². The molecule has 62 heavy (non-hydrogen) atoms. The predicted molar refractivity (Wildman–Crippen MR) is 246 cm³/mol. The van der Waals surface area contributed by atoms with Gasteiger partial charge in [0.1, 0.15) is 46.0 Å². The Hall–Kier alpha value is -6.98. The van der Waals surface area contributed by atoms with Gasteiger partial charge in [0.15, 0.2) is 0 Å². The highest BCUT2D eigenvalue weighted by Crippen LogP contribution is 2.59. The van der Waals surface area contributed by atoms with Gasteiger partial charge in [-0.2, -0.15) is 0 Å². The van der Waals surface area contributed by atoms with Gasteiger partial charge in [-0.3, -0.25) is 0 Å². The van der Waals surface area contributed by atoms with Crippen molar-refractivity contribution in [3.05, 3.63) is 206 Å². The summed E-state index contributed by atoms with van der Waals surface area (Å²) in [4.78, 5) is 0.